The van der Waals surface area contributed by atoms with Gasteiger partial charge in [0.15, 0.2) is 0 Å². The van der Waals surface area contributed by atoms with E-state index < -0.39 is 0 Å². The number of hydrogen-bond acceptors (Lipinski definition) is 3. The van der Waals surface area contributed by atoms with Gasteiger partial charge in [0.05, 0.1) is 13.7 Å². The van der Waals surface area contributed by atoms with Crippen LogP contribution in [0, 0.1) is 0 Å². The SMILES string of the molecule is COc1cccc(CN(C)C(C)CO)c1. The van der Waals surface area contributed by atoms with Gasteiger partial charge >= 0.3 is 0 Å². The summed E-state index contributed by atoms with van der Waals surface area (Å²) in [5, 5.41) is 9.02. The van der Waals surface area contributed by atoms with Crippen molar-refractivity contribution < 1.29 is 9.84 Å². The molecule has 0 fully saturated rings. The number of nitrogens with zero attached hydrogens (tertiary/aromatic N) is 1. The largest absolute Gasteiger partial charge is 0.497 e. The molecule has 84 valence electrons. The fourth-order valence-corrected chi connectivity index (χ4v) is 1.35. The van der Waals surface area contributed by atoms with Gasteiger partial charge in [0.1, 0.15) is 5.75 Å². The van der Waals surface area contributed by atoms with E-state index in [4.69, 9.17) is 9.84 Å². The van der Waals surface area contributed by atoms with E-state index in [1.54, 1.807) is 7.11 Å². The summed E-state index contributed by atoms with van der Waals surface area (Å²) in [6.45, 7) is 3.00. The van der Waals surface area contributed by atoms with Gasteiger partial charge in [-0.1, -0.05) is 12.1 Å². The van der Waals surface area contributed by atoms with Crippen molar-refractivity contribution in [3.63, 3.8) is 0 Å². The van der Waals surface area contributed by atoms with Crippen LogP contribution in [-0.2, 0) is 6.54 Å². The quantitative estimate of drug-likeness (QED) is 0.798. The molecule has 3 nitrogen and oxygen atoms in total. The maximum absolute atomic E-state index is 9.02. The summed E-state index contributed by atoms with van der Waals surface area (Å²) in [5.74, 6) is 0.873. The molecule has 1 rings (SSSR count). The summed E-state index contributed by atoms with van der Waals surface area (Å²) in [7, 11) is 3.67. The van der Waals surface area contributed by atoms with Crippen molar-refractivity contribution in [3.05, 3.63) is 29.8 Å². The third kappa shape index (κ3) is 3.53. The Hall–Kier alpha value is -1.06. The van der Waals surface area contributed by atoms with E-state index in [1.165, 1.54) is 5.56 Å². The molecule has 0 aliphatic heterocycles. The molecule has 0 aliphatic carbocycles. The average Bonchev–Trinajstić information content (AvgIpc) is 2.28. The summed E-state index contributed by atoms with van der Waals surface area (Å²) in [5.41, 5.74) is 1.19. The third-order valence-electron chi connectivity index (χ3n) is 2.58. The zero-order chi connectivity index (χ0) is 11.3. The maximum atomic E-state index is 9.02. The van der Waals surface area contributed by atoms with E-state index in [0.29, 0.717) is 0 Å². The van der Waals surface area contributed by atoms with Crippen molar-refractivity contribution >= 4 is 0 Å². The zero-order valence-electron chi connectivity index (χ0n) is 9.60. The minimum absolute atomic E-state index is 0.177. The molecule has 0 amide bonds. The molecule has 0 aromatic heterocycles. The Kier molecular flexibility index (Phi) is 4.59. The van der Waals surface area contributed by atoms with Crippen molar-refractivity contribution in [2.24, 2.45) is 0 Å². The third-order valence-corrected chi connectivity index (χ3v) is 2.58. The van der Waals surface area contributed by atoms with Crippen molar-refractivity contribution in [2.75, 3.05) is 20.8 Å². The topological polar surface area (TPSA) is 32.7 Å². The van der Waals surface area contributed by atoms with Crippen molar-refractivity contribution in [1.82, 2.24) is 4.90 Å². The number of aliphatic hydroxyl groups excluding tert-OH is 1. The van der Waals surface area contributed by atoms with Crippen LogP contribution in [0.5, 0.6) is 5.75 Å². The van der Waals surface area contributed by atoms with Gasteiger partial charge in [-0.05, 0) is 31.7 Å². The number of hydrogen-bond donors (Lipinski definition) is 1. The molecular weight excluding hydrogens is 190 g/mol. The van der Waals surface area contributed by atoms with Crippen LogP contribution in [0.1, 0.15) is 12.5 Å². The van der Waals surface area contributed by atoms with Crippen LogP contribution < -0.4 is 4.74 Å². The lowest BCUT2D eigenvalue weighted by molar-refractivity contribution is 0.154. The van der Waals surface area contributed by atoms with E-state index in [2.05, 4.69) is 11.0 Å². The number of rotatable bonds is 5. The molecule has 0 heterocycles. The molecule has 0 saturated heterocycles. The fraction of sp³-hybridized carbons (Fsp3) is 0.500. The summed E-state index contributed by atoms with van der Waals surface area (Å²) in [6, 6.07) is 8.16. The van der Waals surface area contributed by atoms with Gasteiger partial charge in [0, 0.05) is 12.6 Å². The van der Waals surface area contributed by atoms with Crippen LogP contribution in [0.15, 0.2) is 24.3 Å². The molecule has 1 atom stereocenters. The molecule has 1 aromatic rings. The molecule has 0 bridgehead atoms. The first-order chi connectivity index (χ1) is 7.17. The van der Waals surface area contributed by atoms with E-state index in [9.17, 15) is 0 Å². The average molecular weight is 209 g/mol. The Labute approximate surface area is 91.3 Å². The van der Waals surface area contributed by atoms with Crippen LogP contribution in [0.2, 0.25) is 0 Å². The van der Waals surface area contributed by atoms with Crippen LogP contribution in [0.3, 0.4) is 0 Å². The molecule has 0 saturated carbocycles. The number of methoxy groups -OCH3 is 1. The maximum Gasteiger partial charge on any atom is 0.119 e. The van der Waals surface area contributed by atoms with E-state index in [0.717, 1.165) is 12.3 Å². The molecule has 1 unspecified atom stereocenters. The number of benzene rings is 1. The van der Waals surface area contributed by atoms with E-state index in [1.807, 2.05) is 32.2 Å². The van der Waals surface area contributed by atoms with E-state index in [-0.39, 0.29) is 12.6 Å². The normalized spacial score (nSPS) is 12.9. The number of ether oxygens (including phenoxy) is 1. The number of likely N-dealkylation sites (N-methyl/N-ethyl adjacent to an activating group) is 1. The molecule has 0 spiro atoms. The minimum Gasteiger partial charge on any atom is -0.497 e. The van der Waals surface area contributed by atoms with Crippen LogP contribution in [0.4, 0.5) is 0 Å². The van der Waals surface area contributed by atoms with Crippen molar-refractivity contribution in [3.8, 4) is 5.75 Å². The highest BCUT2D eigenvalue weighted by Gasteiger charge is 2.08. The Morgan fingerprint density at radius 2 is 2.20 bits per heavy atom. The van der Waals surface area contributed by atoms with Gasteiger partial charge in [-0.2, -0.15) is 0 Å². The molecule has 1 N–H and O–H groups in total. The highest BCUT2D eigenvalue weighted by molar-refractivity contribution is 5.28. The number of aliphatic hydroxyl groups is 1. The summed E-state index contributed by atoms with van der Waals surface area (Å²) in [6.07, 6.45) is 0. The Balaban J connectivity index is 2.63. The molecule has 3 heteroatoms. The lowest BCUT2D eigenvalue weighted by Gasteiger charge is -2.22. The first kappa shape index (κ1) is 12.0. The standard InChI is InChI=1S/C12H19NO2/c1-10(9-14)13(2)8-11-5-4-6-12(7-11)15-3/h4-7,10,14H,8-9H2,1-3H3. The predicted octanol–water partition coefficient (Wildman–Crippen LogP) is 1.51. The Morgan fingerprint density at radius 3 is 2.80 bits per heavy atom. The van der Waals surface area contributed by atoms with Gasteiger partial charge < -0.3 is 9.84 Å². The van der Waals surface area contributed by atoms with E-state index >= 15 is 0 Å². The fourth-order valence-electron chi connectivity index (χ4n) is 1.35. The Bertz CT molecular complexity index is 301. The van der Waals surface area contributed by atoms with Crippen LogP contribution >= 0.6 is 0 Å². The Morgan fingerprint density at radius 1 is 1.47 bits per heavy atom. The minimum atomic E-state index is 0.177. The second-order valence-corrected chi connectivity index (χ2v) is 3.80. The monoisotopic (exact) mass is 209 g/mol. The lowest BCUT2D eigenvalue weighted by atomic mass is 10.2. The second kappa shape index (κ2) is 5.73. The molecular formula is C12H19NO2. The van der Waals surface area contributed by atoms with Gasteiger partial charge in [0.2, 0.25) is 0 Å². The first-order valence-corrected chi connectivity index (χ1v) is 5.11. The summed E-state index contributed by atoms with van der Waals surface area (Å²) >= 11 is 0. The molecule has 0 radical (unpaired) electrons. The van der Waals surface area contributed by atoms with Crippen LogP contribution in [-0.4, -0.2) is 36.8 Å². The van der Waals surface area contributed by atoms with Crippen LogP contribution in [0.25, 0.3) is 0 Å². The second-order valence-electron chi connectivity index (χ2n) is 3.80. The summed E-state index contributed by atoms with van der Waals surface area (Å²) < 4.78 is 5.16. The van der Waals surface area contributed by atoms with Gasteiger partial charge in [0.25, 0.3) is 0 Å². The van der Waals surface area contributed by atoms with Gasteiger partial charge in [-0.3, -0.25) is 4.90 Å². The molecule has 0 aliphatic rings. The predicted molar refractivity (Wildman–Crippen MR) is 61.0 cm³/mol. The van der Waals surface area contributed by atoms with Gasteiger partial charge in [-0.25, -0.2) is 0 Å². The molecule has 15 heavy (non-hydrogen) atoms. The molecule has 1 aromatic carbocycles. The van der Waals surface area contributed by atoms with Gasteiger partial charge in [-0.15, -0.1) is 0 Å². The lowest BCUT2D eigenvalue weighted by Crippen LogP contribution is -2.31. The van der Waals surface area contributed by atoms with Crippen molar-refractivity contribution in [2.45, 2.75) is 19.5 Å². The smallest absolute Gasteiger partial charge is 0.119 e. The highest BCUT2D eigenvalue weighted by Crippen LogP contribution is 2.14. The zero-order valence-corrected chi connectivity index (χ0v) is 9.60. The summed E-state index contributed by atoms with van der Waals surface area (Å²) in [4.78, 5) is 2.11. The first-order valence-electron chi connectivity index (χ1n) is 5.11. The highest BCUT2D eigenvalue weighted by atomic mass is 16.5. The van der Waals surface area contributed by atoms with Crippen molar-refractivity contribution in [1.29, 1.82) is 0 Å².